The molecule has 0 radical (unpaired) electrons. The summed E-state index contributed by atoms with van der Waals surface area (Å²) in [7, 11) is 1.69. The Bertz CT molecular complexity index is 620. The van der Waals surface area contributed by atoms with Gasteiger partial charge in [-0.2, -0.15) is 5.10 Å². The first-order valence-corrected chi connectivity index (χ1v) is 10.7. The van der Waals surface area contributed by atoms with Crippen molar-refractivity contribution in [1.82, 2.24) is 20.4 Å². The molecule has 6 nitrogen and oxygen atoms in total. The van der Waals surface area contributed by atoms with Crippen LogP contribution in [0.5, 0.6) is 0 Å². The number of nitrogens with one attached hydrogen (secondary N) is 2. The van der Waals surface area contributed by atoms with E-state index in [4.69, 9.17) is 9.84 Å². The molecule has 1 heterocycles. The number of aromatic nitrogens is 2. The van der Waals surface area contributed by atoms with Crippen molar-refractivity contribution in [1.29, 1.82) is 0 Å². The first-order valence-electron chi connectivity index (χ1n) is 10.7. The van der Waals surface area contributed by atoms with Gasteiger partial charge in [0.15, 0.2) is 5.69 Å². The van der Waals surface area contributed by atoms with Crippen molar-refractivity contribution < 1.29 is 9.53 Å². The molecule has 1 aromatic heterocycles. The minimum absolute atomic E-state index is 0.0579. The van der Waals surface area contributed by atoms with E-state index in [1.54, 1.807) is 7.05 Å². The van der Waals surface area contributed by atoms with Crippen LogP contribution in [0.15, 0.2) is 0 Å². The van der Waals surface area contributed by atoms with Gasteiger partial charge in [-0.25, -0.2) is 0 Å². The van der Waals surface area contributed by atoms with E-state index in [2.05, 4.69) is 29.2 Å². The Kier molecular flexibility index (Phi) is 7.30. The zero-order valence-electron chi connectivity index (χ0n) is 17.2. The van der Waals surface area contributed by atoms with Crippen molar-refractivity contribution >= 4 is 5.91 Å². The van der Waals surface area contributed by atoms with E-state index in [9.17, 15) is 4.79 Å². The van der Waals surface area contributed by atoms with E-state index in [1.807, 2.05) is 0 Å². The van der Waals surface area contributed by atoms with E-state index in [0.717, 1.165) is 44.5 Å². The monoisotopic (exact) mass is 376 g/mol. The molecule has 2 aliphatic rings. The summed E-state index contributed by atoms with van der Waals surface area (Å²) in [6, 6.07) is 0.393. The number of carbonyl (C=O) groups is 1. The molecule has 1 atom stereocenters. The number of fused-ring (bicyclic) bond motifs is 1. The molecule has 1 amide bonds. The van der Waals surface area contributed by atoms with Crippen molar-refractivity contribution in [2.24, 2.45) is 5.92 Å². The molecule has 0 aliphatic heterocycles. The van der Waals surface area contributed by atoms with Gasteiger partial charge >= 0.3 is 0 Å². The third-order valence-electron chi connectivity index (χ3n) is 5.93. The molecular weight excluding hydrogens is 340 g/mol. The van der Waals surface area contributed by atoms with Gasteiger partial charge in [-0.05, 0) is 51.9 Å². The van der Waals surface area contributed by atoms with E-state index >= 15 is 0 Å². The highest BCUT2D eigenvalue weighted by atomic mass is 16.5. The minimum atomic E-state index is -0.0579. The Morgan fingerprint density at radius 3 is 2.74 bits per heavy atom. The zero-order valence-corrected chi connectivity index (χ0v) is 17.2. The molecule has 0 spiro atoms. The van der Waals surface area contributed by atoms with Crippen LogP contribution in [0.2, 0.25) is 0 Å². The summed E-state index contributed by atoms with van der Waals surface area (Å²) >= 11 is 0. The molecule has 6 heteroatoms. The topological polar surface area (TPSA) is 68.2 Å². The highest BCUT2D eigenvalue weighted by Crippen LogP contribution is 2.29. The van der Waals surface area contributed by atoms with Crippen LogP contribution in [0.3, 0.4) is 0 Å². The molecular formula is C21H36N4O2. The molecule has 2 aliphatic carbocycles. The molecule has 152 valence electrons. The Morgan fingerprint density at radius 2 is 2.04 bits per heavy atom. The van der Waals surface area contributed by atoms with Gasteiger partial charge < -0.3 is 15.4 Å². The molecule has 3 rings (SSSR count). The Hall–Kier alpha value is -1.40. The third kappa shape index (κ3) is 5.32. The van der Waals surface area contributed by atoms with E-state index in [-0.39, 0.29) is 12.0 Å². The van der Waals surface area contributed by atoms with Gasteiger partial charge in [-0.15, -0.1) is 0 Å². The second-order valence-corrected chi connectivity index (χ2v) is 8.35. The summed E-state index contributed by atoms with van der Waals surface area (Å²) in [4.78, 5) is 12.4. The summed E-state index contributed by atoms with van der Waals surface area (Å²) in [6.45, 7) is 6.67. The summed E-state index contributed by atoms with van der Waals surface area (Å²) in [5.74, 6) is 0.654. The Labute approximate surface area is 163 Å². The van der Waals surface area contributed by atoms with Crippen molar-refractivity contribution in [2.75, 3.05) is 20.2 Å². The number of rotatable bonds is 8. The molecule has 0 unspecified atom stereocenters. The van der Waals surface area contributed by atoms with Crippen LogP contribution < -0.4 is 10.6 Å². The van der Waals surface area contributed by atoms with Crippen LogP contribution in [0.4, 0.5) is 0 Å². The van der Waals surface area contributed by atoms with Gasteiger partial charge in [0.2, 0.25) is 0 Å². The average molecular weight is 377 g/mol. The van der Waals surface area contributed by atoms with Crippen LogP contribution in [0.1, 0.15) is 74.1 Å². The summed E-state index contributed by atoms with van der Waals surface area (Å²) in [5.41, 5.74) is 3.07. The van der Waals surface area contributed by atoms with Gasteiger partial charge in [0, 0.05) is 37.4 Å². The normalized spacial score (nSPS) is 20.7. The predicted octanol–water partition coefficient (Wildman–Crippen LogP) is 2.69. The smallest absolute Gasteiger partial charge is 0.271 e. The number of ether oxygens (including phenoxy) is 1. The fourth-order valence-electron chi connectivity index (χ4n) is 4.49. The van der Waals surface area contributed by atoms with Crippen molar-refractivity contribution in [3.63, 3.8) is 0 Å². The van der Waals surface area contributed by atoms with Crippen LogP contribution >= 0.6 is 0 Å². The van der Waals surface area contributed by atoms with Crippen molar-refractivity contribution in [3.8, 4) is 0 Å². The van der Waals surface area contributed by atoms with Crippen molar-refractivity contribution in [2.45, 2.75) is 83.9 Å². The lowest BCUT2D eigenvalue weighted by molar-refractivity contribution is 0.0790. The average Bonchev–Trinajstić information content (AvgIpc) is 3.03. The van der Waals surface area contributed by atoms with Crippen LogP contribution in [0.25, 0.3) is 0 Å². The maximum atomic E-state index is 12.4. The van der Waals surface area contributed by atoms with Crippen molar-refractivity contribution in [3.05, 3.63) is 17.0 Å². The Balaban J connectivity index is 1.68. The summed E-state index contributed by atoms with van der Waals surface area (Å²) in [6.07, 6.45) is 9.86. The lowest BCUT2D eigenvalue weighted by Gasteiger charge is -2.26. The van der Waals surface area contributed by atoms with Crippen LogP contribution in [0, 0.1) is 5.92 Å². The highest BCUT2D eigenvalue weighted by molar-refractivity contribution is 5.93. The van der Waals surface area contributed by atoms with Gasteiger partial charge in [0.25, 0.3) is 5.91 Å². The molecule has 1 saturated carbocycles. The minimum Gasteiger partial charge on any atom is -0.377 e. The maximum Gasteiger partial charge on any atom is 0.271 e. The quantitative estimate of drug-likeness (QED) is 0.685. The number of amides is 1. The number of carbonyl (C=O) groups excluding carboxylic acids is 1. The second-order valence-electron chi connectivity index (χ2n) is 8.35. The molecule has 1 fully saturated rings. The molecule has 0 saturated heterocycles. The number of hydrogen-bond donors (Lipinski definition) is 2. The molecule has 2 N–H and O–H groups in total. The van der Waals surface area contributed by atoms with Gasteiger partial charge in [0.1, 0.15) is 0 Å². The molecule has 0 aromatic carbocycles. The van der Waals surface area contributed by atoms with E-state index in [1.165, 1.54) is 37.8 Å². The fourth-order valence-corrected chi connectivity index (χ4v) is 4.49. The molecule has 1 aromatic rings. The van der Waals surface area contributed by atoms with E-state index < -0.39 is 0 Å². The molecule has 0 bridgehead atoms. The first kappa shape index (κ1) is 20.3. The SMILES string of the molecule is CNC(=O)c1nn(CC2CCCCC2)c2c1C[C@H](NCCOC(C)C)CC2. The summed E-state index contributed by atoms with van der Waals surface area (Å²) in [5, 5.41) is 11.1. The van der Waals surface area contributed by atoms with Crippen LogP contribution in [-0.4, -0.2) is 48.0 Å². The number of hydrogen-bond acceptors (Lipinski definition) is 4. The predicted molar refractivity (Wildman–Crippen MR) is 107 cm³/mol. The number of nitrogens with zero attached hydrogens (tertiary/aromatic N) is 2. The second kappa shape index (κ2) is 9.69. The fraction of sp³-hybridized carbons (Fsp3) is 0.810. The zero-order chi connectivity index (χ0) is 19.2. The Morgan fingerprint density at radius 1 is 1.26 bits per heavy atom. The van der Waals surface area contributed by atoms with Gasteiger partial charge in [-0.1, -0.05) is 19.3 Å². The first-order chi connectivity index (χ1) is 13.1. The lowest BCUT2D eigenvalue weighted by atomic mass is 9.88. The lowest BCUT2D eigenvalue weighted by Crippen LogP contribution is -2.37. The maximum absolute atomic E-state index is 12.4. The largest absolute Gasteiger partial charge is 0.377 e. The summed E-state index contributed by atoms with van der Waals surface area (Å²) < 4.78 is 7.79. The van der Waals surface area contributed by atoms with Gasteiger partial charge in [-0.3, -0.25) is 9.48 Å². The van der Waals surface area contributed by atoms with Crippen LogP contribution in [-0.2, 0) is 24.1 Å². The third-order valence-corrected chi connectivity index (χ3v) is 5.93. The van der Waals surface area contributed by atoms with E-state index in [0.29, 0.717) is 17.7 Å². The molecule has 27 heavy (non-hydrogen) atoms. The standard InChI is InChI=1S/C21H36N4O2/c1-15(2)27-12-11-23-17-9-10-19-18(13-17)20(21(26)22-3)24-25(19)14-16-7-5-4-6-8-16/h15-17,23H,4-14H2,1-3H3,(H,22,26)/t17-/m1/s1. The van der Waals surface area contributed by atoms with Gasteiger partial charge in [0.05, 0.1) is 12.7 Å². The highest BCUT2D eigenvalue weighted by Gasteiger charge is 2.29.